The molecule has 1 amide bonds. The van der Waals surface area contributed by atoms with Crippen LogP contribution in [-0.2, 0) is 0 Å². The van der Waals surface area contributed by atoms with Crippen molar-refractivity contribution in [3.8, 4) is 0 Å². The van der Waals surface area contributed by atoms with Gasteiger partial charge in [-0.15, -0.1) is 0 Å². The number of nitrogens with zero attached hydrogens (tertiary/aromatic N) is 2. The van der Waals surface area contributed by atoms with Gasteiger partial charge in [0.1, 0.15) is 5.82 Å². The third kappa shape index (κ3) is 2.71. The third-order valence-corrected chi connectivity index (χ3v) is 4.59. The summed E-state index contributed by atoms with van der Waals surface area (Å²) in [5.41, 5.74) is 4.25. The molecular formula is C21H18FN3O. The van der Waals surface area contributed by atoms with E-state index in [4.69, 9.17) is 0 Å². The normalized spacial score (nSPS) is 15.9. The second-order valence-electron chi connectivity index (χ2n) is 6.46. The number of amides is 1. The smallest absolute Gasteiger partial charge is 0.262 e. The fourth-order valence-corrected chi connectivity index (χ4v) is 3.13. The van der Waals surface area contributed by atoms with Crippen LogP contribution in [0.25, 0.3) is 0 Å². The molecule has 4 nitrogen and oxygen atoms in total. The van der Waals surface area contributed by atoms with Crippen molar-refractivity contribution in [2.75, 3.05) is 10.2 Å². The minimum Gasteiger partial charge on any atom is -0.360 e. The van der Waals surface area contributed by atoms with Crippen LogP contribution in [0.15, 0.2) is 60.8 Å². The SMILES string of the molecule is Cc1ccc(N2C(=O)c3cccnc3[C@@H]2Nc2ccc(C)c(F)c2)cc1. The van der Waals surface area contributed by atoms with Crippen molar-refractivity contribution < 1.29 is 9.18 Å². The Morgan fingerprint density at radius 1 is 1.08 bits per heavy atom. The zero-order valence-corrected chi connectivity index (χ0v) is 14.5. The number of hydrogen-bond donors (Lipinski definition) is 1. The van der Waals surface area contributed by atoms with Gasteiger partial charge in [0.25, 0.3) is 5.91 Å². The first-order chi connectivity index (χ1) is 12.5. The van der Waals surface area contributed by atoms with Gasteiger partial charge in [-0.05, 0) is 55.8 Å². The number of aryl methyl sites for hydroxylation is 2. The summed E-state index contributed by atoms with van der Waals surface area (Å²) in [5.74, 6) is -0.413. The predicted octanol–water partition coefficient (Wildman–Crippen LogP) is 4.61. The molecule has 26 heavy (non-hydrogen) atoms. The third-order valence-electron chi connectivity index (χ3n) is 4.59. The van der Waals surface area contributed by atoms with E-state index >= 15 is 0 Å². The maximum atomic E-state index is 14.0. The van der Waals surface area contributed by atoms with Crippen LogP contribution in [0.2, 0.25) is 0 Å². The standard InChI is InChI=1S/C21H18FN3O/c1-13-5-9-16(10-6-13)25-20(19-17(21(25)26)4-3-11-23-19)24-15-8-7-14(2)18(22)12-15/h3-12,20,24H,1-2H3/t20-/m1/s1. The maximum absolute atomic E-state index is 14.0. The zero-order chi connectivity index (χ0) is 18.3. The number of carbonyl (C=O) groups is 1. The van der Waals surface area contributed by atoms with Gasteiger partial charge >= 0.3 is 0 Å². The number of nitrogens with one attached hydrogen (secondary N) is 1. The first kappa shape index (κ1) is 16.3. The number of pyridine rings is 1. The quantitative estimate of drug-likeness (QED) is 0.753. The highest BCUT2D eigenvalue weighted by Crippen LogP contribution is 2.37. The van der Waals surface area contributed by atoms with Gasteiger partial charge < -0.3 is 5.32 Å². The number of carbonyl (C=O) groups excluding carboxylic acids is 1. The molecule has 1 aromatic heterocycles. The first-order valence-corrected chi connectivity index (χ1v) is 8.42. The average Bonchev–Trinajstić information content (AvgIpc) is 2.92. The Labute approximate surface area is 151 Å². The van der Waals surface area contributed by atoms with E-state index in [-0.39, 0.29) is 11.7 Å². The molecule has 1 aliphatic heterocycles. The molecule has 0 bridgehead atoms. The van der Waals surface area contributed by atoms with E-state index in [1.807, 2.05) is 31.2 Å². The summed E-state index contributed by atoms with van der Waals surface area (Å²) in [6.07, 6.45) is 1.17. The molecule has 1 atom stereocenters. The topological polar surface area (TPSA) is 45.2 Å². The lowest BCUT2D eigenvalue weighted by Crippen LogP contribution is -2.32. The molecule has 0 saturated heterocycles. The molecule has 0 unspecified atom stereocenters. The van der Waals surface area contributed by atoms with Crippen molar-refractivity contribution in [2.45, 2.75) is 20.0 Å². The Morgan fingerprint density at radius 2 is 1.85 bits per heavy atom. The van der Waals surface area contributed by atoms with E-state index in [2.05, 4.69) is 10.3 Å². The molecule has 0 aliphatic carbocycles. The number of halogens is 1. The predicted molar refractivity (Wildman–Crippen MR) is 99.7 cm³/mol. The van der Waals surface area contributed by atoms with Crippen LogP contribution in [0.4, 0.5) is 15.8 Å². The molecule has 0 spiro atoms. The molecule has 1 aliphatic rings. The minimum absolute atomic E-state index is 0.123. The van der Waals surface area contributed by atoms with Gasteiger partial charge in [-0.3, -0.25) is 14.7 Å². The Hall–Kier alpha value is -3.21. The lowest BCUT2D eigenvalue weighted by atomic mass is 10.2. The highest BCUT2D eigenvalue weighted by Gasteiger charge is 2.38. The number of hydrogen-bond acceptors (Lipinski definition) is 3. The first-order valence-electron chi connectivity index (χ1n) is 8.42. The van der Waals surface area contributed by atoms with Crippen molar-refractivity contribution in [1.29, 1.82) is 0 Å². The monoisotopic (exact) mass is 347 g/mol. The fraction of sp³-hybridized carbons (Fsp3) is 0.143. The Kier molecular flexibility index (Phi) is 3.92. The van der Waals surface area contributed by atoms with Crippen LogP contribution in [0, 0.1) is 19.7 Å². The van der Waals surface area contributed by atoms with E-state index in [9.17, 15) is 9.18 Å². The van der Waals surface area contributed by atoms with E-state index in [0.717, 1.165) is 11.3 Å². The van der Waals surface area contributed by atoms with Crippen LogP contribution < -0.4 is 10.2 Å². The van der Waals surface area contributed by atoms with Crippen molar-refractivity contribution in [1.82, 2.24) is 4.98 Å². The summed E-state index contributed by atoms with van der Waals surface area (Å²) < 4.78 is 14.0. The number of anilines is 2. The maximum Gasteiger partial charge on any atom is 0.262 e. The van der Waals surface area contributed by atoms with Crippen molar-refractivity contribution in [3.63, 3.8) is 0 Å². The summed E-state index contributed by atoms with van der Waals surface area (Å²) in [6, 6.07) is 16.2. The molecule has 2 aromatic carbocycles. The minimum atomic E-state index is -0.497. The van der Waals surface area contributed by atoms with E-state index in [0.29, 0.717) is 22.5 Å². The van der Waals surface area contributed by atoms with Gasteiger partial charge in [-0.2, -0.15) is 0 Å². The van der Waals surface area contributed by atoms with E-state index in [1.54, 1.807) is 42.3 Å². The number of fused-ring (bicyclic) bond motifs is 1. The summed E-state index contributed by atoms with van der Waals surface area (Å²) in [5, 5.41) is 3.26. The number of rotatable bonds is 3. The molecule has 3 aromatic rings. The lowest BCUT2D eigenvalue weighted by molar-refractivity contribution is 0.0993. The summed E-state index contributed by atoms with van der Waals surface area (Å²) in [6.45, 7) is 3.71. The average molecular weight is 347 g/mol. The van der Waals surface area contributed by atoms with E-state index in [1.165, 1.54) is 6.07 Å². The fourth-order valence-electron chi connectivity index (χ4n) is 3.13. The molecule has 0 saturated carbocycles. The second-order valence-corrected chi connectivity index (χ2v) is 6.46. The molecule has 2 heterocycles. The summed E-state index contributed by atoms with van der Waals surface area (Å²) >= 11 is 0. The zero-order valence-electron chi connectivity index (χ0n) is 14.5. The van der Waals surface area contributed by atoms with Crippen LogP contribution in [0.3, 0.4) is 0 Å². The van der Waals surface area contributed by atoms with Gasteiger partial charge in [-0.1, -0.05) is 23.8 Å². The molecule has 5 heteroatoms. The number of aromatic nitrogens is 1. The van der Waals surface area contributed by atoms with Gasteiger partial charge in [0.2, 0.25) is 0 Å². The molecule has 0 fully saturated rings. The Balaban J connectivity index is 1.77. The molecule has 130 valence electrons. The largest absolute Gasteiger partial charge is 0.360 e. The molecule has 4 rings (SSSR count). The Bertz CT molecular complexity index is 985. The van der Waals surface area contributed by atoms with Crippen molar-refractivity contribution in [3.05, 3.63) is 89.0 Å². The summed E-state index contributed by atoms with van der Waals surface area (Å²) in [4.78, 5) is 19.0. The molecule has 0 radical (unpaired) electrons. The van der Waals surface area contributed by atoms with Crippen molar-refractivity contribution >= 4 is 17.3 Å². The Morgan fingerprint density at radius 3 is 2.58 bits per heavy atom. The van der Waals surface area contributed by atoms with Crippen LogP contribution in [-0.4, -0.2) is 10.9 Å². The number of benzene rings is 2. The van der Waals surface area contributed by atoms with Crippen LogP contribution >= 0.6 is 0 Å². The molecule has 1 N–H and O–H groups in total. The van der Waals surface area contributed by atoms with Crippen molar-refractivity contribution in [2.24, 2.45) is 0 Å². The van der Waals surface area contributed by atoms with Gasteiger partial charge in [-0.25, -0.2) is 4.39 Å². The van der Waals surface area contributed by atoms with Crippen LogP contribution in [0.5, 0.6) is 0 Å². The highest BCUT2D eigenvalue weighted by molar-refractivity contribution is 6.11. The summed E-state index contributed by atoms with van der Waals surface area (Å²) in [7, 11) is 0. The van der Waals surface area contributed by atoms with Gasteiger partial charge in [0.05, 0.1) is 11.3 Å². The molecular weight excluding hydrogens is 329 g/mol. The van der Waals surface area contributed by atoms with Crippen LogP contribution in [0.1, 0.15) is 33.3 Å². The second kappa shape index (κ2) is 6.26. The highest BCUT2D eigenvalue weighted by atomic mass is 19.1. The van der Waals surface area contributed by atoms with Gasteiger partial charge in [0.15, 0.2) is 6.17 Å². The lowest BCUT2D eigenvalue weighted by Gasteiger charge is -2.26. The van der Waals surface area contributed by atoms with Gasteiger partial charge in [0, 0.05) is 17.6 Å². The van der Waals surface area contributed by atoms with E-state index < -0.39 is 6.17 Å².